The van der Waals surface area contributed by atoms with E-state index in [0.717, 1.165) is 26.2 Å². The molecule has 0 amide bonds. The maximum Gasteiger partial charge on any atom is 0.0678 e. The van der Waals surface area contributed by atoms with E-state index in [-0.39, 0.29) is 0 Å². The number of nitrogens with zero attached hydrogens (tertiary/aromatic N) is 1. The van der Waals surface area contributed by atoms with Crippen molar-refractivity contribution in [2.45, 2.75) is 32.5 Å². The third-order valence-corrected chi connectivity index (χ3v) is 3.25. The van der Waals surface area contributed by atoms with Gasteiger partial charge in [0.25, 0.3) is 0 Å². The van der Waals surface area contributed by atoms with E-state index in [1.54, 1.807) is 0 Å². The summed E-state index contributed by atoms with van der Waals surface area (Å²) in [6, 6.07) is 10.4. The molecule has 1 aromatic rings. The van der Waals surface area contributed by atoms with Gasteiger partial charge in [-0.15, -0.1) is 0 Å². The normalized spacial score (nSPS) is 25.0. The van der Waals surface area contributed by atoms with Crippen LogP contribution in [0.5, 0.6) is 0 Å². The van der Waals surface area contributed by atoms with E-state index < -0.39 is 0 Å². The predicted molar refractivity (Wildman–Crippen MR) is 76.0 cm³/mol. The molecule has 0 aliphatic carbocycles. The van der Waals surface area contributed by atoms with Crippen LogP contribution in [-0.2, 0) is 4.74 Å². The van der Waals surface area contributed by atoms with E-state index in [1.807, 2.05) is 6.07 Å². The number of benzene rings is 1. The second kappa shape index (κ2) is 6.76. The fourth-order valence-corrected chi connectivity index (χ4v) is 2.56. The van der Waals surface area contributed by atoms with Gasteiger partial charge in [0.05, 0.1) is 12.2 Å². The Kier molecular flexibility index (Phi) is 5.02. The molecule has 0 unspecified atom stereocenters. The molecule has 1 saturated heterocycles. The Morgan fingerprint density at radius 3 is 2.50 bits per heavy atom. The number of anilines is 1. The summed E-state index contributed by atoms with van der Waals surface area (Å²) in [7, 11) is 0. The second-order valence-corrected chi connectivity index (χ2v) is 5.16. The lowest BCUT2D eigenvalue weighted by atomic mass is 10.2. The van der Waals surface area contributed by atoms with Crippen LogP contribution in [0.15, 0.2) is 30.3 Å². The van der Waals surface area contributed by atoms with Gasteiger partial charge in [0.15, 0.2) is 0 Å². The maximum atomic E-state index is 5.73. The monoisotopic (exact) mass is 248 g/mol. The molecule has 0 aromatic heterocycles. The van der Waals surface area contributed by atoms with Crippen LogP contribution in [0.3, 0.4) is 0 Å². The van der Waals surface area contributed by atoms with Crippen LogP contribution < -0.4 is 5.32 Å². The number of hydrogen-bond donors (Lipinski definition) is 1. The van der Waals surface area contributed by atoms with Crippen LogP contribution in [0.4, 0.5) is 5.69 Å². The minimum absolute atomic E-state index is 0.371. The fraction of sp³-hybridized carbons (Fsp3) is 0.600. The van der Waals surface area contributed by atoms with Crippen molar-refractivity contribution in [1.29, 1.82) is 0 Å². The molecule has 0 bridgehead atoms. The topological polar surface area (TPSA) is 24.5 Å². The Balaban J connectivity index is 1.63. The molecule has 3 heteroatoms. The highest BCUT2D eigenvalue weighted by Gasteiger charge is 2.21. The third kappa shape index (κ3) is 4.31. The zero-order chi connectivity index (χ0) is 12.8. The number of hydrogen-bond acceptors (Lipinski definition) is 3. The highest BCUT2D eigenvalue weighted by molar-refractivity contribution is 5.42. The van der Waals surface area contributed by atoms with Crippen molar-refractivity contribution in [3.05, 3.63) is 30.3 Å². The first-order valence-electron chi connectivity index (χ1n) is 6.91. The summed E-state index contributed by atoms with van der Waals surface area (Å²) in [6.07, 6.45) is 1.92. The molecular formula is C15H24N2O. The lowest BCUT2D eigenvalue weighted by Gasteiger charge is -2.35. The molecule has 100 valence electrons. The number of rotatable bonds is 5. The lowest BCUT2D eigenvalue weighted by Crippen LogP contribution is -2.45. The van der Waals surface area contributed by atoms with Crippen LogP contribution in [0.2, 0.25) is 0 Å². The lowest BCUT2D eigenvalue weighted by molar-refractivity contribution is -0.0678. The molecule has 2 rings (SSSR count). The Bertz CT molecular complexity index is 332. The smallest absolute Gasteiger partial charge is 0.0678 e. The molecule has 1 fully saturated rings. The van der Waals surface area contributed by atoms with Crippen LogP contribution in [0.1, 0.15) is 20.3 Å². The SMILES string of the molecule is C[C@@H]1CN(CCCNc2ccccc2)C[C@H](C)O1. The molecular weight excluding hydrogens is 224 g/mol. The predicted octanol–water partition coefficient (Wildman–Crippen LogP) is 2.60. The first-order chi connectivity index (χ1) is 8.74. The highest BCUT2D eigenvalue weighted by Crippen LogP contribution is 2.11. The van der Waals surface area contributed by atoms with Crippen LogP contribution in [0.25, 0.3) is 0 Å². The number of ether oxygens (including phenoxy) is 1. The minimum atomic E-state index is 0.371. The molecule has 18 heavy (non-hydrogen) atoms. The van der Waals surface area contributed by atoms with Gasteiger partial charge >= 0.3 is 0 Å². The summed E-state index contributed by atoms with van der Waals surface area (Å²) in [4.78, 5) is 2.51. The van der Waals surface area contributed by atoms with Gasteiger partial charge in [-0.2, -0.15) is 0 Å². The summed E-state index contributed by atoms with van der Waals surface area (Å²) in [5.41, 5.74) is 1.21. The van der Waals surface area contributed by atoms with Crippen molar-refractivity contribution in [2.75, 3.05) is 31.5 Å². The molecule has 0 spiro atoms. The van der Waals surface area contributed by atoms with Gasteiger partial charge in [-0.1, -0.05) is 18.2 Å². The van der Waals surface area contributed by atoms with Crippen molar-refractivity contribution in [1.82, 2.24) is 4.90 Å². The quantitative estimate of drug-likeness (QED) is 0.811. The summed E-state index contributed by atoms with van der Waals surface area (Å²) in [6.45, 7) is 8.63. The zero-order valence-electron chi connectivity index (χ0n) is 11.4. The van der Waals surface area contributed by atoms with Gasteiger partial charge in [-0.05, 0) is 32.4 Å². The molecule has 1 heterocycles. The maximum absolute atomic E-state index is 5.73. The van der Waals surface area contributed by atoms with E-state index in [9.17, 15) is 0 Å². The van der Waals surface area contributed by atoms with E-state index >= 15 is 0 Å². The Morgan fingerprint density at radius 1 is 1.17 bits per heavy atom. The van der Waals surface area contributed by atoms with Gasteiger partial charge in [0, 0.05) is 31.9 Å². The molecule has 0 saturated carbocycles. The molecule has 1 N–H and O–H groups in total. The first-order valence-corrected chi connectivity index (χ1v) is 6.91. The minimum Gasteiger partial charge on any atom is -0.385 e. The highest BCUT2D eigenvalue weighted by atomic mass is 16.5. The Hall–Kier alpha value is -1.06. The fourth-order valence-electron chi connectivity index (χ4n) is 2.56. The molecule has 1 aromatic carbocycles. The Labute approximate surface area is 110 Å². The van der Waals surface area contributed by atoms with Crippen LogP contribution in [0, 0.1) is 0 Å². The van der Waals surface area contributed by atoms with Gasteiger partial charge in [-0.3, -0.25) is 4.90 Å². The second-order valence-electron chi connectivity index (χ2n) is 5.16. The van der Waals surface area contributed by atoms with Crippen molar-refractivity contribution < 1.29 is 4.74 Å². The van der Waals surface area contributed by atoms with Crippen LogP contribution in [-0.4, -0.2) is 43.3 Å². The van der Waals surface area contributed by atoms with Crippen molar-refractivity contribution in [3.63, 3.8) is 0 Å². The van der Waals surface area contributed by atoms with Crippen molar-refractivity contribution in [3.8, 4) is 0 Å². The average molecular weight is 248 g/mol. The number of morpholine rings is 1. The van der Waals surface area contributed by atoms with Gasteiger partial charge in [0.2, 0.25) is 0 Å². The van der Waals surface area contributed by atoms with E-state index in [0.29, 0.717) is 12.2 Å². The average Bonchev–Trinajstić information content (AvgIpc) is 2.35. The van der Waals surface area contributed by atoms with E-state index in [4.69, 9.17) is 4.74 Å². The first kappa shape index (κ1) is 13.4. The summed E-state index contributed by atoms with van der Waals surface area (Å²) in [5.74, 6) is 0. The zero-order valence-corrected chi connectivity index (χ0v) is 11.4. The molecule has 0 radical (unpaired) electrons. The van der Waals surface area contributed by atoms with Crippen LogP contribution >= 0.6 is 0 Å². The third-order valence-electron chi connectivity index (χ3n) is 3.25. The van der Waals surface area contributed by atoms with Gasteiger partial charge in [-0.25, -0.2) is 0 Å². The van der Waals surface area contributed by atoms with E-state index in [1.165, 1.54) is 12.1 Å². The summed E-state index contributed by atoms with van der Waals surface area (Å²) in [5, 5.41) is 3.45. The number of nitrogens with one attached hydrogen (secondary N) is 1. The molecule has 2 atom stereocenters. The van der Waals surface area contributed by atoms with Crippen molar-refractivity contribution >= 4 is 5.69 Å². The van der Waals surface area contributed by atoms with E-state index in [2.05, 4.69) is 48.3 Å². The van der Waals surface area contributed by atoms with Crippen molar-refractivity contribution in [2.24, 2.45) is 0 Å². The van der Waals surface area contributed by atoms with Gasteiger partial charge in [0.1, 0.15) is 0 Å². The largest absolute Gasteiger partial charge is 0.385 e. The molecule has 3 nitrogen and oxygen atoms in total. The van der Waals surface area contributed by atoms with Gasteiger partial charge < -0.3 is 10.1 Å². The standard InChI is InChI=1S/C15H24N2O/c1-13-11-17(12-14(2)18-13)10-6-9-16-15-7-4-3-5-8-15/h3-5,7-8,13-14,16H,6,9-12H2,1-2H3/t13-,14+. The summed E-state index contributed by atoms with van der Waals surface area (Å²) < 4.78 is 5.73. The Morgan fingerprint density at radius 2 is 1.83 bits per heavy atom. The summed E-state index contributed by atoms with van der Waals surface area (Å²) >= 11 is 0. The number of para-hydroxylation sites is 1. The molecule has 1 aliphatic heterocycles. The molecule has 1 aliphatic rings.